The van der Waals surface area contributed by atoms with Crippen molar-refractivity contribution in [3.63, 3.8) is 0 Å². The zero-order valence-corrected chi connectivity index (χ0v) is 76.2. The Bertz CT molecular complexity index is 5410. The molecule has 9 heterocycles. The first-order valence-electron chi connectivity index (χ1n) is 44.8. The van der Waals surface area contributed by atoms with E-state index >= 15 is 0 Å². The first kappa shape index (κ1) is 94.9. The Kier molecular flexibility index (Phi) is 31.0. The Hall–Kier alpha value is -10.3. The first-order valence-corrected chi connectivity index (χ1v) is 46.4. The van der Waals surface area contributed by atoms with Crippen molar-refractivity contribution < 1.29 is 71.8 Å². The molecule has 2 fully saturated rings. The van der Waals surface area contributed by atoms with Gasteiger partial charge >= 0.3 is 11.9 Å². The molecule has 6 atom stereocenters. The largest absolute Gasteiger partial charge is 0.460 e. The number of benzene rings is 2. The molecule has 4 aromatic heterocycles. The van der Waals surface area contributed by atoms with E-state index in [9.17, 15) is 71.9 Å². The summed E-state index contributed by atoms with van der Waals surface area (Å²) < 4.78 is 16.6. The van der Waals surface area contributed by atoms with Crippen molar-refractivity contribution >= 4 is 130 Å². The molecule has 0 saturated heterocycles. The summed E-state index contributed by atoms with van der Waals surface area (Å²) in [5.41, 5.74) is 19.8. The molecule has 7 aliphatic rings. The minimum atomic E-state index is -1.41. The van der Waals surface area contributed by atoms with E-state index in [1.807, 2.05) is 102 Å². The fraction of sp³-hybridized carbons (Fsp3) is 0.547. The number of unbranched alkanes of at least 4 members (excludes halogenated alkanes) is 4. The summed E-state index contributed by atoms with van der Waals surface area (Å²) >= 11 is 7.23. The van der Waals surface area contributed by atoms with Crippen LogP contribution in [0.15, 0.2) is 91.4 Å². The molecule has 5 aliphatic heterocycles. The number of imide groups is 1. The maximum absolute atomic E-state index is 14.6. The number of pyridine rings is 4. The fourth-order valence-electron chi connectivity index (χ4n) is 19.6. The van der Waals surface area contributed by atoms with Gasteiger partial charge < -0.3 is 57.1 Å². The van der Waals surface area contributed by atoms with Gasteiger partial charge in [-0.25, -0.2) is 9.97 Å². The number of amides is 8. The van der Waals surface area contributed by atoms with Gasteiger partial charge in [0.05, 0.1) is 64.1 Å². The fourth-order valence-corrected chi connectivity index (χ4v) is 20.6. The van der Waals surface area contributed by atoms with E-state index in [1.54, 1.807) is 9.13 Å². The van der Waals surface area contributed by atoms with Crippen LogP contribution < -0.4 is 49.6 Å². The number of halogens is 2. The van der Waals surface area contributed by atoms with Crippen LogP contribution in [0.1, 0.15) is 261 Å². The summed E-state index contributed by atoms with van der Waals surface area (Å²) in [6, 6.07) is 16.6. The van der Waals surface area contributed by atoms with Crippen LogP contribution in [0, 0.1) is 28.6 Å². The topological polar surface area (TPSA) is 440 Å². The van der Waals surface area contributed by atoms with Gasteiger partial charge in [0, 0.05) is 120 Å². The van der Waals surface area contributed by atoms with Gasteiger partial charge in [0.15, 0.2) is 0 Å². The number of carbonyl (C=O) groups is 13. The van der Waals surface area contributed by atoms with E-state index in [1.165, 1.54) is 17.1 Å². The Morgan fingerprint density at radius 2 is 0.937 bits per heavy atom. The number of cyclic esters (lactones) is 2. The molecule has 126 heavy (non-hydrogen) atoms. The van der Waals surface area contributed by atoms with Crippen molar-refractivity contribution in [2.45, 2.75) is 283 Å². The molecule has 0 unspecified atom stereocenters. The smallest absolute Gasteiger partial charge is 0.317 e. The van der Waals surface area contributed by atoms with Gasteiger partial charge in [-0.2, -0.15) is 0 Å². The number of nitrogens with two attached hydrogens (primary N) is 3. The number of Topliss-reactive ketones (excluding diaryl/α,β-unsaturated/α-hetero) is 3. The van der Waals surface area contributed by atoms with Crippen LogP contribution in [0.3, 0.4) is 0 Å². The molecule has 0 spiro atoms. The van der Waals surface area contributed by atoms with E-state index in [2.05, 4.69) is 53.1 Å². The molecule has 31 heteroatoms. The number of nitrogens with zero attached hydrogens (tertiary/aromatic N) is 5. The van der Waals surface area contributed by atoms with Crippen molar-refractivity contribution in [2.24, 2.45) is 45.8 Å². The van der Waals surface area contributed by atoms with Gasteiger partial charge in [-0.1, -0.05) is 143 Å². The molecule has 0 radical (unpaired) electrons. The monoisotopic (exact) mass is 1860 g/mol. The zero-order valence-electron chi connectivity index (χ0n) is 73.0. The number of ketones is 3. The summed E-state index contributed by atoms with van der Waals surface area (Å²) in [7, 11) is 0. The molecular formula is C95H118Br2N12O17. The van der Waals surface area contributed by atoms with E-state index in [-0.39, 0.29) is 162 Å². The summed E-state index contributed by atoms with van der Waals surface area (Å²) in [6.45, 7) is 11.9. The van der Waals surface area contributed by atoms with Gasteiger partial charge in [-0.15, -0.1) is 0 Å². The van der Waals surface area contributed by atoms with Gasteiger partial charge in [-0.05, 0) is 159 Å². The average molecular weight is 1860 g/mol. The molecule has 6 aromatic rings. The normalized spacial score (nSPS) is 19.1. The highest BCUT2D eigenvalue weighted by Gasteiger charge is 2.52. The third-order valence-corrected chi connectivity index (χ3v) is 28.5. The van der Waals surface area contributed by atoms with Gasteiger partial charge in [-0.3, -0.25) is 76.8 Å². The molecule has 2 aliphatic carbocycles. The molecule has 8 amide bonds. The van der Waals surface area contributed by atoms with Gasteiger partial charge in [0.2, 0.25) is 35.4 Å². The van der Waals surface area contributed by atoms with Crippen LogP contribution in [0.2, 0.25) is 0 Å². The predicted molar refractivity (Wildman–Crippen MR) is 480 cm³/mol. The third-order valence-electron chi connectivity index (χ3n) is 27.1. The Morgan fingerprint density at radius 1 is 0.508 bits per heavy atom. The number of hydrogen-bond acceptors (Lipinski definition) is 20. The second kappa shape index (κ2) is 41.2. The van der Waals surface area contributed by atoms with Crippen LogP contribution >= 0.6 is 31.9 Å². The maximum atomic E-state index is 14.6. The maximum Gasteiger partial charge on any atom is 0.317 e. The second-order valence-electron chi connectivity index (χ2n) is 36.5. The summed E-state index contributed by atoms with van der Waals surface area (Å²) in [5, 5.41) is 13.7. The van der Waals surface area contributed by atoms with E-state index in [0.29, 0.717) is 135 Å². The molecule has 29 nitrogen and oxygen atoms in total. The number of rotatable bonds is 40. The highest BCUT2D eigenvalue weighted by Crippen LogP contribution is 2.49. The minimum absolute atomic E-state index is 0.0218. The summed E-state index contributed by atoms with van der Waals surface area (Å²) in [6.07, 6.45) is 15.4. The molecule has 0 bridgehead atoms. The number of ether oxygens (including phenoxy) is 2. The number of primary amides is 2. The molecular weight excluding hydrogens is 1740 g/mol. The van der Waals surface area contributed by atoms with Gasteiger partial charge in [0.1, 0.15) is 53.5 Å². The standard InChI is InChI=1S/C53H65BrN6O10.C42H53BrN6O7/c1-4-53(39-26-43-47-33(24-37-40(54)15-13-17-41(37)57-47)29-60(43)50(68)38(39)30-70-51(53)69)28-35(62)27-52(21-10-6-11-22-52)31-56-49(67)42(16-8-9-18-44(55)63)58-48(66)36(32(2)3)25-34(61)14-7-5-12-23-59-45(64)19-20-46(59)65;1-4-42(29-18-33-36-25(17-27-30(43)11-10-13-31(27)47-36)21-49(33)39(54)28(29)22-56-40(42)55)20-26(50)19-41(15-8-5-9-16-41)23-46-37(52)32(12-6-7-14-34(44)51)48-38(53)35(45)24(2)3/h13,15,17,19-20,24,26,32,36,42H,4-12,14,16,18,21-23,25,27-31H2,1-3H3,(H2,55,63)(H,56,67)(H,58,66);10-11,13,17-18,24,32,35H,4-9,12,14-16,19-23,45H2,1-3H3,(H2,44,51)(H,46,52)(H,48,53)/t36-,42-,53-;32-,35-,42-/m00/s1. The number of nitrogens with one attached hydrogen (secondary N) is 4. The number of carbonyl (C=O) groups excluding carboxylic acids is 13. The van der Waals surface area contributed by atoms with Crippen molar-refractivity contribution in [1.82, 2.24) is 45.3 Å². The first-order chi connectivity index (χ1) is 60.1. The van der Waals surface area contributed by atoms with Crippen molar-refractivity contribution in [2.75, 3.05) is 19.6 Å². The number of fused-ring (bicyclic) bond motifs is 10. The van der Waals surface area contributed by atoms with Crippen molar-refractivity contribution in [1.29, 1.82) is 0 Å². The molecule has 2 aromatic carbocycles. The predicted octanol–water partition coefficient (Wildman–Crippen LogP) is 11.4. The van der Waals surface area contributed by atoms with Crippen LogP contribution in [-0.4, -0.2) is 138 Å². The number of aromatic nitrogens is 4. The molecule has 2 saturated carbocycles. The van der Waals surface area contributed by atoms with Crippen LogP contribution in [0.4, 0.5) is 0 Å². The summed E-state index contributed by atoms with van der Waals surface area (Å²) in [4.78, 5) is 211. The SMILES string of the molecule is CC[C@@]1(CC(=O)CC2(CNC(=O)[C@H](CCCCC(N)=O)NC(=O)[C@@H](CC(=O)CCCCCN3C(=O)C=CC3=O)C(C)C)CCCCC2)C(=O)OCc2c1cc1n(c2=O)Cc2cc3c(Br)cccc3nc2-1.CC[C@@]1(CC(=O)CC2(CNC(=O)[C@H](CCCCC(N)=O)NC(=O)[C@@H](N)C(C)C)CCCCC2)C(=O)OCc2c1cc1n(c2=O)Cc2cc3c(Br)cccc3nc2-1. The van der Waals surface area contributed by atoms with E-state index in [4.69, 9.17) is 36.6 Å². The zero-order chi connectivity index (χ0) is 90.7. The molecule has 674 valence electrons. The Balaban J connectivity index is 0.000000235. The third kappa shape index (κ3) is 21.3. The number of esters is 2. The quantitative estimate of drug-likeness (QED) is 0.0107. The molecule has 13 rings (SSSR count). The van der Waals surface area contributed by atoms with Crippen LogP contribution in [-0.2, 0) is 109 Å². The van der Waals surface area contributed by atoms with Gasteiger partial charge in [0.25, 0.3) is 22.9 Å². The Labute approximate surface area is 749 Å². The lowest BCUT2D eigenvalue weighted by Gasteiger charge is -2.40. The lowest BCUT2D eigenvalue weighted by Crippen LogP contribution is -2.54. The average Bonchev–Trinajstić information content (AvgIpc) is 1.46. The lowest BCUT2D eigenvalue weighted by molar-refractivity contribution is -0.157. The van der Waals surface area contributed by atoms with Crippen LogP contribution in [0.25, 0.3) is 44.6 Å². The summed E-state index contributed by atoms with van der Waals surface area (Å²) in [5.74, 6) is -5.90. The molecule has 10 N–H and O–H groups in total. The Morgan fingerprint density at radius 3 is 1.35 bits per heavy atom. The minimum Gasteiger partial charge on any atom is -0.460 e. The second-order valence-corrected chi connectivity index (χ2v) is 38.2. The van der Waals surface area contributed by atoms with E-state index < -0.39 is 87.2 Å². The highest BCUT2D eigenvalue weighted by molar-refractivity contribution is 9.11. The highest BCUT2D eigenvalue weighted by atomic mass is 79.9. The van der Waals surface area contributed by atoms with Crippen molar-refractivity contribution in [3.8, 4) is 22.8 Å². The van der Waals surface area contributed by atoms with Crippen LogP contribution in [0.5, 0.6) is 0 Å². The van der Waals surface area contributed by atoms with Crippen molar-refractivity contribution in [3.05, 3.63) is 136 Å². The van der Waals surface area contributed by atoms with E-state index in [0.717, 1.165) is 80.4 Å². The lowest BCUT2D eigenvalue weighted by atomic mass is 9.66. The number of hydrogen-bond donors (Lipinski definition) is 7.